The lowest BCUT2D eigenvalue weighted by Gasteiger charge is -2.54. The van der Waals surface area contributed by atoms with Crippen molar-refractivity contribution in [1.82, 2.24) is 9.80 Å². The van der Waals surface area contributed by atoms with Gasteiger partial charge in [0, 0.05) is 62.7 Å². The van der Waals surface area contributed by atoms with Crippen molar-refractivity contribution in [2.75, 3.05) is 52.9 Å². The summed E-state index contributed by atoms with van der Waals surface area (Å²) in [6.45, 7) is 23.1. The van der Waals surface area contributed by atoms with Crippen molar-refractivity contribution in [3.63, 3.8) is 0 Å². The van der Waals surface area contributed by atoms with Crippen LogP contribution in [0.2, 0.25) is 0 Å². The van der Waals surface area contributed by atoms with Gasteiger partial charge in [-0.1, -0.05) is 41.5 Å². The molecule has 7 aliphatic carbocycles. The molecule has 4 saturated heterocycles. The first-order valence-corrected chi connectivity index (χ1v) is 37.4. The number of nitrogens with zero attached hydrogens (tertiary/aromatic N) is 2. The van der Waals surface area contributed by atoms with Crippen LogP contribution in [0.25, 0.3) is 0 Å². The molecule has 10 unspecified atom stereocenters. The molecule has 0 aromatic heterocycles. The molecule has 484 valence electrons. The lowest BCUT2D eigenvalue weighted by molar-refractivity contribution is -0.174. The molecule has 0 radical (unpaired) electrons. The molecule has 0 amide bonds. The van der Waals surface area contributed by atoms with Crippen LogP contribution in [0.15, 0.2) is 0 Å². The molecule has 11 fully saturated rings. The fourth-order valence-corrected chi connectivity index (χ4v) is 20.7. The fraction of sp³-hybridized carbons (Fsp3) is 1.00. The van der Waals surface area contributed by atoms with E-state index in [4.69, 9.17) is 37.9 Å². The number of ether oxygens (including phenoxy) is 8. The highest BCUT2D eigenvalue weighted by Gasteiger charge is 2.49. The van der Waals surface area contributed by atoms with Crippen LogP contribution in [0.5, 0.6) is 0 Å². The van der Waals surface area contributed by atoms with Crippen LogP contribution >= 0.6 is 0 Å². The van der Waals surface area contributed by atoms with Gasteiger partial charge in [-0.25, -0.2) is 0 Å². The van der Waals surface area contributed by atoms with E-state index in [2.05, 4.69) is 51.3 Å². The maximum Gasteiger partial charge on any atom is 0.157 e. The van der Waals surface area contributed by atoms with Gasteiger partial charge in [0.25, 0.3) is 0 Å². The Morgan fingerprint density at radius 1 is 0.298 bits per heavy atom. The van der Waals surface area contributed by atoms with E-state index in [9.17, 15) is 0 Å². The van der Waals surface area contributed by atoms with Gasteiger partial charge >= 0.3 is 0 Å². The minimum Gasteiger partial charge on any atom is -0.353 e. The predicted molar refractivity (Wildman–Crippen MR) is 338 cm³/mol. The topological polar surface area (TPSA) is 80.3 Å². The molecule has 0 spiro atoms. The van der Waals surface area contributed by atoms with Crippen LogP contribution in [0.3, 0.4) is 0 Å². The minimum atomic E-state index is 0.0330. The molecule has 10 atom stereocenters. The highest BCUT2D eigenvalue weighted by molar-refractivity contribution is 5.01. The van der Waals surface area contributed by atoms with Crippen LogP contribution in [0, 0.1) is 70.0 Å². The minimum absolute atomic E-state index is 0.0330. The summed E-state index contributed by atoms with van der Waals surface area (Å²) in [4.78, 5) is 6.43. The van der Waals surface area contributed by atoms with Gasteiger partial charge in [0.2, 0.25) is 0 Å². The smallest absolute Gasteiger partial charge is 0.157 e. The van der Waals surface area contributed by atoms with Gasteiger partial charge in [0.05, 0.1) is 26.4 Å². The first kappa shape index (κ1) is 65.1. The highest BCUT2D eigenvalue weighted by Crippen LogP contribution is 2.56. The number of hydrogen-bond donors (Lipinski definition) is 0. The first-order valence-electron chi connectivity index (χ1n) is 37.4. The van der Waals surface area contributed by atoms with E-state index in [1.165, 1.54) is 218 Å². The van der Waals surface area contributed by atoms with E-state index in [1.54, 1.807) is 0 Å². The van der Waals surface area contributed by atoms with E-state index < -0.39 is 0 Å². The van der Waals surface area contributed by atoms with Gasteiger partial charge in [-0.3, -0.25) is 9.80 Å². The third kappa shape index (κ3) is 17.2. The number of hydrogen-bond acceptors (Lipinski definition) is 10. The lowest BCUT2D eigenvalue weighted by atomic mass is 9.55. The molecule has 0 aromatic rings. The average Bonchev–Trinajstić information content (AvgIpc) is 2.72. The Kier molecular flexibility index (Phi) is 24.6. The first-order chi connectivity index (χ1) is 40.9. The molecular formula is C74H130N2O8. The van der Waals surface area contributed by atoms with Crippen molar-refractivity contribution in [3.8, 4) is 0 Å². The molecular weight excluding hydrogens is 1040 g/mol. The molecule has 7 saturated carbocycles. The van der Waals surface area contributed by atoms with Crippen LogP contribution < -0.4 is 0 Å². The maximum absolute atomic E-state index is 6.46. The zero-order chi connectivity index (χ0) is 57.9. The Morgan fingerprint density at radius 2 is 0.560 bits per heavy atom. The van der Waals surface area contributed by atoms with Crippen molar-refractivity contribution >= 4 is 0 Å². The van der Waals surface area contributed by atoms with Gasteiger partial charge in [-0.2, -0.15) is 0 Å². The largest absolute Gasteiger partial charge is 0.353 e. The van der Waals surface area contributed by atoms with Gasteiger partial charge in [0.1, 0.15) is 0 Å². The summed E-state index contributed by atoms with van der Waals surface area (Å²) in [7, 11) is 0. The molecule has 0 N–H and O–H groups in total. The summed E-state index contributed by atoms with van der Waals surface area (Å²) in [5.74, 6) is 7.57. The molecule has 0 bridgehead atoms. The van der Waals surface area contributed by atoms with Crippen LogP contribution in [0.1, 0.15) is 286 Å². The van der Waals surface area contributed by atoms with E-state index in [0.717, 1.165) is 138 Å². The van der Waals surface area contributed by atoms with E-state index in [-0.39, 0.29) is 25.2 Å². The van der Waals surface area contributed by atoms with Crippen molar-refractivity contribution < 1.29 is 37.9 Å². The summed E-state index contributed by atoms with van der Waals surface area (Å²) < 4.78 is 49.7. The molecule has 84 heavy (non-hydrogen) atoms. The predicted octanol–water partition coefficient (Wildman–Crippen LogP) is 17.5. The second kappa shape index (κ2) is 31.8. The van der Waals surface area contributed by atoms with Crippen molar-refractivity contribution in [1.29, 1.82) is 0 Å². The monoisotopic (exact) mass is 1170 g/mol. The van der Waals surface area contributed by atoms with Gasteiger partial charge in [-0.05, 0) is 314 Å². The third-order valence-corrected chi connectivity index (χ3v) is 26.7. The van der Waals surface area contributed by atoms with E-state index in [1.807, 2.05) is 0 Å². The van der Waals surface area contributed by atoms with Crippen LogP contribution in [0.4, 0.5) is 0 Å². The van der Waals surface area contributed by atoms with Crippen LogP contribution in [-0.4, -0.2) is 124 Å². The average molecular weight is 1180 g/mol. The standard InChI is InChI=1S/C74H130N2O8/c1-53-47-67(37-23-57(53)51-83-71-17-9-13-45-79-71)75(63-33-19-55(20-34-63)49-81-69-15-7-11-43-77-69)65-39-29-61(30-40-65)73(3,4)59-25-27-60(28-26-59)74(5,6)62-31-41-66(42-32-62)76(64-35-21-56(22-36-64)50-82-70-16-8-12-44-78-70)68-38-24-58(54(2)48-68)52-84-72-18-10-14-46-80-72/h53-72H,7-52H2,1-6H3. The van der Waals surface area contributed by atoms with E-state index >= 15 is 0 Å². The zero-order valence-electron chi connectivity index (χ0n) is 55.2. The summed E-state index contributed by atoms with van der Waals surface area (Å²) >= 11 is 0. The Labute approximate surface area is 515 Å². The molecule has 10 heteroatoms. The second-order valence-electron chi connectivity index (χ2n) is 32.4. The normalized spacial score (nSPS) is 42.0. The molecule has 10 nitrogen and oxygen atoms in total. The summed E-state index contributed by atoms with van der Waals surface area (Å²) in [6, 6.07) is 4.39. The van der Waals surface area contributed by atoms with Gasteiger partial charge in [0.15, 0.2) is 25.2 Å². The zero-order valence-corrected chi connectivity index (χ0v) is 55.2. The Morgan fingerprint density at radius 3 is 0.833 bits per heavy atom. The van der Waals surface area contributed by atoms with Gasteiger partial charge in [-0.15, -0.1) is 0 Å². The highest BCUT2D eigenvalue weighted by atomic mass is 16.7. The summed E-state index contributed by atoms with van der Waals surface area (Å²) in [6.07, 6.45) is 50.0. The van der Waals surface area contributed by atoms with Gasteiger partial charge < -0.3 is 37.9 Å². The quantitative estimate of drug-likeness (QED) is 0.105. The molecule has 11 aliphatic rings. The SMILES string of the molecule is CC1CC(N(C2CCC(COC3CCCCO3)CC2)C2CCC(C(C)(C)C3CCC(C(C)(C)C4CCC(N(C5CCC(COC6CCCCO6)CC5)C5CCC(COC6CCCCO6)C(C)C5)CC4)CC3)CC2)CCC1COC1CCCCO1. The summed E-state index contributed by atoms with van der Waals surface area (Å²) in [5, 5.41) is 0. The maximum atomic E-state index is 6.46. The third-order valence-electron chi connectivity index (χ3n) is 26.7. The molecule has 4 aliphatic heterocycles. The van der Waals surface area contributed by atoms with Crippen molar-refractivity contribution in [3.05, 3.63) is 0 Å². The molecule has 0 aromatic carbocycles. The van der Waals surface area contributed by atoms with Crippen molar-refractivity contribution in [2.24, 2.45) is 70.0 Å². The number of rotatable bonds is 22. The lowest BCUT2D eigenvalue weighted by Crippen LogP contribution is -2.54. The Balaban J connectivity index is 0.662. The van der Waals surface area contributed by atoms with Crippen molar-refractivity contribution in [2.45, 2.75) is 347 Å². The Bertz CT molecular complexity index is 1710. The van der Waals surface area contributed by atoms with E-state index in [0.29, 0.717) is 46.3 Å². The van der Waals surface area contributed by atoms with Crippen LogP contribution in [-0.2, 0) is 37.9 Å². The fourth-order valence-electron chi connectivity index (χ4n) is 20.7. The molecule has 4 heterocycles. The Hall–Kier alpha value is -0.400. The summed E-state index contributed by atoms with van der Waals surface area (Å²) in [5.41, 5.74) is 0.842. The molecule has 11 rings (SSSR count). The second-order valence-corrected chi connectivity index (χ2v) is 32.4.